The van der Waals surface area contributed by atoms with Gasteiger partial charge in [-0.1, -0.05) is 68.8 Å². The number of hydrogen-bond donors (Lipinski definition) is 1. The highest BCUT2D eigenvalue weighted by atomic mass is 15.0. The van der Waals surface area contributed by atoms with Crippen LogP contribution in [0, 0.1) is 5.92 Å². The standard InChI is InChI=1S/C25H33N/c1-18(2)20-11-13-22-21(16-20)12-14-24-23(22)10-7-15-25(24,3)26-17-19-8-5-4-6-9-19/h4-6,8-9,11,13,16,18,23-24,26H,7,10,12,14-15,17H2,1-3H3/t23-,24-,25-/m1/s1. The lowest BCUT2D eigenvalue weighted by Gasteiger charge is -2.50. The first-order chi connectivity index (χ1) is 12.6. The first-order valence-corrected chi connectivity index (χ1v) is 10.5. The third kappa shape index (κ3) is 3.34. The van der Waals surface area contributed by atoms with Crippen LogP contribution in [0.4, 0.5) is 0 Å². The van der Waals surface area contributed by atoms with Crippen molar-refractivity contribution >= 4 is 0 Å². The number of nitrogens with one attached hydrogen (secondary N) is 1. The van der Waals surface area contributed by atoms with Crippen LogP contribution < -0.4 is 5.32 Å². The zero-order valence-electron chi connectivity index (χ0n) is 16.6. The van der Waals surface area contributed by atoms with Crippen LogP contribution >= 0.6 is 0 Å². The van der Waals surface area contributed by atoms with E-state index in [-0.39, 0.29) is 5.54 Å². The van der Waals surface area contributed by atoms with E-state index in [9.17, 15) is 0 Å². The van der Waals surface area contributed by atoms with Crippen molar-refractivity contribution in [3.63, 3.8) is 0 Å². The first kappa shape index (κ1) is 17.8. The Morgan fingerprint density at radius 3 is 2.65 bits per heavy atom. The summed E-state index contributed by atoms with van der Waals surface area (Å²) in [7, 11) is 0. The molecule has 0 spiro atoms. The molecule has 0 aromatic heterocycles. The van der Waals surface area contributed by atoms with Gasteiger partial charge in [0.25, 0.3) is 0 Å². The minimum absolute atomic E-state index is 0.257. The van der Waals surface area contributed by atoms with Gasteiger partial charge >= 0.3 is 0 Å². The Balaban J connectivity index is 1.55. The maximum Gasteiger partial charge on any atom is 0.0210 e. The molecule has 1 fully saturated rings. The molecule has 0 unspecified atom stereocenters. The highest BCUT2D eigenvalue weighted by Gasteiger charge is 2.44. The molecule has 0 bridgehead atoms. The zero-order chi connectivity index (χ0) is 18.1. The van der Waals surface area contributed by atoms with Gasteiger partial charge in [-0.25, -0.2) is 0 Å². The second-order valence-corrected chi connectivity index (χ2v) is 9.01. The number of aryl methyl sites for hydroxylation is 1. The van der Waals surface area contributed by atoms with Gasteiger partial charge in [0.2, 0.25) is 0 Å². The third-order valence-corrected chi connectivity index (χ3v) is 7.01. The maximum absolute atomic E-state index is 3.97. The van der Waals surface area contributed by atoms with E-state index in [1.807, 2.05) is 0 Å². The molecule has 1 heteroatoms. The van der Waals surface area contributed by atoms with E-state index in [1.165, 1.54) is 43.2 Å². The van der Waals surface area contributed by atoms with Gasteiger partial charge in [-0.05, 0) is 72.6 Å². The highest BCUT2D eigenvalue weighted by Crippen LogP contribution is 2.49. The molecule has 2 aromatic rings. The average molecular weight is 348 g/mol. The van der Waals surface area contributed by atoms with Crippen LogP contribution in [0.5, 0.6) is 0 Å². The van der Waals surface area contributed by atoms with Crippen LogP contribution in [0.1, 0.15) is 80.5 Å². The minimum atomic E-state index is 0.257. The second-order valence-electron chi connectivity index (χ2n) is 9.01. The van der Waals surface area contributed by atoms with Gasteiger partial charge < -0.3 is 5.32 Å². The summed E-state index contributed by atoms with van der Waals surface area (Å²) in [5.74, 6) is 2.13. The van der Waals surface area contributed by atoms with Crippen molar-refractivity contribution < 1.29 is 0 Å². The molecule has 0 aliphatic heterocycles. The molecule has 0 amide bonds. The molecule has 0 heterocycles. The van der Waals surface area contributed by atoms with Crippen LogP contribution in [0.25, 0.3) is 0 Å². The van der Waals surface area contributed by atoms with Crippen LogP contribution in [0.3, 0.4) is 0 Å². The van der Waals surface area contributed by atoms with Gasteiger partial charge in [-0.3, -0.25) is 0 Å². The van der Waals surface area contributed by atoms with Gasteiger partial charge in [-0.2, -0.15) is 0 Å². The highest BCUT2D eigenvalue weighted by molar-refractivity contribution is 5.39. The molecule has 4 rings (SSSR count). The fourth-order valence-corrected chi connectivity index (χ4v) is 5.41. The topological polar surface area (TPSA) is 12.0 Å². The predicted octanol–water partition coefficient (Wildman–Crippen LogP) is 6.19. The summed E-state index contributed by atoms with van der Waals surface area (Å²) >= 11 is 0. The Labute approximate surface area is 159 Å². The predicted molar refractivity (Wildman–Crippen MR) is 111 cm³/mol. The molecule has 1 nitrogen and oxygen atoms in total. The lowest BCUT2D eigenvalue weighted by Crippen LogP contribution is -2.53. The monoisotopic (exact) mass is 347 g/mol. The molecule has 138 valence electrons. The second kappa shape index (κ2) is 7.19. The van der Waals surface area contributed by atoms with Gasteiger partial charge in [0, 0.05) is 12.1 Å². The quantitative estimate of drug-likeness (QED) is 0.695. The van der Waals surface area contributed by atoms with Crippen molar-refractivity contribution in [3.8, 4) is 0 Å². The van der Waals surface area contributed by atoms with Crippen LogP contribution in [-0.2, 0) is 13.0 Å². The fourth-order valence-electron chi connectivity index (χ4n) is 5.41. The van der Waals surface area contributed by atoms with E-state index >= 15 is 0 Å². The SMILES string of the molecule is CC(C)c1ccc2c(c1)CC[C@@H]1[C@@H]2CCC[C@@]1(C)NCc1ccccc1. The Morgan fingerprint density at radius 2 is 1.88 bits per heavy atom. The number of hydrogen-bond acceptors (Lipinski definition) is 1. The fraction of sp³-hybridized carbons (Fsp3) is 0.520. The van der Waals surface area contributed by atoms with E-state index in [4.69, 9.17) is 0 Å². The van der Waals surface area contributed by atoms with Gasteiger partial charge in [-0.15, -0.1) is 0 Å². The van der Waals surface area contributed by atoms with E-state index < -0.39 is 0 Å². The summed E-state index contributed by atoms with van der Waals surface area (Å²) in [5.41, 5.74) is 6.44. The first-order valence-electron chi connectivity index (χ1n) is 10.5. The third-order valence-electron chi connectivity index (χ3n) is 7.01. The Morgan fingerprint density at radius 1 is 1.08 bits per heavy atom. The van der Waals surface area contributed by atoms with Crippen LogP contribution in [-0.4, -0.2) is 5.54 Å². The summed E-state index contributed by atoms with van der Waals surface area (Å²) in [6.45, 7) is 8.08. The molecule has 2 aromatic carbocycles. The van der Waals surface area contributed by atoms with Gasteiger partial charge in [0.15, 0.2) is 0 Å². The molecular formula is C25H33N. The van der Waals surface area contributed by atoms with Crippen molar-refractivity contribution in [2.75, 3.05) is 0 Å². The molecule has 2 aliphatic carbocycles. The Bertz CT molecular complexity index is 748. The summed E-state index contributed by atoms with van der Waals surface area (Å²) in [5, 5.41) is 3.97. The van der Waals surface area contributed by atoms with Crippen molar-refractivity contribution in [1.82, 2.24) is 5.32 Å². The van der Waals surface area contributed by atoms with Crippen molar-refractivity contribution in [2.24, 2.45) is 5.92 Å². The molecule has 1 N–H and O–H groups in total. The lowest BCUT2D eigenvalue weighted by atomic mass is 9.60. The van der Waals surface area contributed by atoms with Crippen molar-refractivity contribution in [1.29, 1.82) is 0 Å². The van der Waals surface area contributed by atoms with Crippen molar-refractivity contribution in [3.05, 3.63) is 70.8 Å². The molecule has 1 saturated carbocycles. The number of fused-ring (bicyclic) bond motifs is 3. The summed E-state index contributed by atoms with van der Waals surface area (Å²) in [6.07, 6.45) is 6.59. The van der Waals surface area contributed by atoms with Crippen molar-refractivity contribution in [2.45, 2.75) is 76.8 Å². The Kier molecular flexibility index (Phi) is 4.92. The average Bonchev–Trinajstić information content (AvgIpc) is 2.67. The maximum atomic E-state index is 3.97. The van der Waals surface area contributed by atoms with Crippen LogP contribution in [0.15, 0.2) is 48.5 Å². The summed E-state index contributed by atoms with van der Waals surface area (Å²) < 4.78 is 0. The molecule has 0 saturated heterocycles. The number of rotatable bonds is 4. The smallest absolute Gasteiger partial charge is 0.0210 e. The summed E-state index contributed by atoms with van der Waals surface area (Å²) in [6, 6.07) is 18.2. The van der Waals surface area contributed by atoms with E-state index in [1.54, 1.807) is 11.1 Å². The van der Waals surface area contributed by atoms with E-state index in [0.717, 1.165) is 18.4 Å². The normalized spacial score (nSPS) is 27.8. The van der Waals surface area contributed by atoms with E-state index in [2.05, 4.69) is 74.6 Å². The minimum Gasteiger partial charge on any atom is -0.307 e. The number of benzene rings is 2. The van der Waals surface area contributed by atoms with E-state index in [0.29, 0.717) is 5.92 Å². The van der Waals surface area contributed by atoms with Crippen LogP contribution in [0.2, 0.25) is 0 Å². The summed E-state index contributed by atoms with van der Waals surface area (Å²) in [4.78, 5) is 0. The largest absolute Gasteiger partial charge is 0.307 e. The van der Waals surface area contributed by atoms with Gasteiger partial charge in [0.1, 0.15) is 0 Å². The Hall–Kier alpha value is -1.60. The van der Waals surface area contributed by atoms with Gasteiger partial charge in [0.05, 0.1) is 0 Å². The molecule has 3 atom stereocenters. The molecular weight excluding hydrogens is 314 g/mol. The lowest BCUT2D eigenvalue weighted by molar-refractivity contribution is 0.118. The zero-order valence-corrected chi connectivity index (χ0v) is 16.6. The molecule has 0 radical (unpaired) electrons. The molecule has 2 aliphatic rings. The molecule has 26 heavy (non-hydrogen) atoms.